The Morgan fingerprint density at radius 2 is 1.03 bits per heavy atom. The van der Waals surface area contributed by atoms with Gasteiger partial charge in [0.25, 0.3) is 10.1 Å². The molecule has 0 heterocycles. The smallest absolute Gasteiger partial charge is 0.266 e. The number of rotatable bonds is 20. The maximum Gasteiger partial charge on any atom is 0.297 e. The summed E-state index contributed by atoms with van der Waals surface area (Å²) in [4.78, 5) is 0.271. The van der Waals surface area contributed by atoms with Crippen LogP contribution in [0, 0.1) is 0 Å². The largest absolute Gasteiger partial charge is 0.297 e. The summed E-state index contributed by atoms with van der Waals surface area (Å²) in [6.07, 6.45) is 22.3. The molecule has 2 aromatic rings. The molecule has 0 fully saturated rings. The average Bonchev–Trinajstić information content (AvgIpc) is 2.83. The third-order valence-electron chi connectivity index (χ3n) is 6.51. The van der Waals surface area contributed by atoms with Crippen molar-refractivity contribution in [3.8, 4) is 0 Å². The van der Waals surface area contributed by atoms with Gasteiger partial charge < -0.3 is 0 Å². The van der Waals surface area contributed by atoms with Crippen molar-refractivity contribution in [3.63, 3.8) is 0 Å². The van der Waals surface area contributed by atoms with Gasteiger partial charge in [-0.2, -0.15) is 8.42 Å². The first-order valence-corrected chi connectivity index (χ1v) is 14.9. The van der Waals surface area contributed by atoms with Gasteiger partial charge in [-0.15, -0.1) is 0 Å². The van der Waals surface area contributed by atoms with Crippen molar-refractivity contribution in [1.82, 2.24) is 0 Å². The maximum atomic E-state index is 12.6. The van der Waals surface area contributed by atoms with E-state index in [2.05, 4.69) is 6.92 Å². The molecule has 2 rings (SSSR count). The van der Waals surface area contributed by atoms with Gasteiger partial charge in [0.2, 0.25) is 0 Å². The van der Waals surface area contributed by atoms with Gasteiger partial charge in [0.1, 0.15) is 4.90 Å². The summed E-state index contributed by atoms with van der Waals surface area (Å²) < 4.78 is 30.5. The summed E-state index contributed by atoms with van der Waals surface area (Å²) in [5.41, 5.74) is 0. The molecule has 0 aromatic heterocycles. The zero-order valence-corrected chi connectivity index (χ0v) is 21.7. The Bertz CT molecular complexity index is 855. The van der Waals surface area contributed by atoms with Crippen molar-refractivity contribution >= 4 is 20.9 Å². The Balaban J connectivity index is 1.42. The number of fused-ring (bicyclic) bond motifs is 1. The molecule has 4 heteroatoms. The molecule has 0 unspecified atom stereocenters. The molecule has 0 aliphatic heterocycles. The van der Waals surface area contributed by atoms with E-state index in [1.807, 2.05) is 30.3 Å². The SMILES string of the molecule is CCCCCCCCCCCCCCCCCCCOS(=O)(=O)c1cccc2ccccc12. The number of unbranched alkanes of at least 4 members (excludes halogenated alkanes) is 16. The van der Waals surface area contributed by atoms with Crippen LogP contribution in [-0.4, -0.2) is 15.0 Å². The standard InChI is InChI=1S/C29H46O3S/c1-2-3-4-5-6-7-8-9-10-11-12-13-14-15-16-17-20-26-32-33(30,31)29-25-21-23-27-22-18-19-24-28(27)29/h18-19,21-25H,2-17,20,26H2,1H3. The van der Waals surface area contributed by atoms with Crippen LogP contribution >= 0.6 is 0 Å². The monoisotopic (exact) mass is 474 g/mol. The van der Waals surface area contributed by atoms with E-state index < -0.39 is 10.1 Å². The second-order valence-corrected chi connectivity index (χ2v) is 11.0. The van der Waals surface area contributed by atoms with Crippen molar-refractivity contribution in [2.75, 3.05) is 6.61 Å². The minimum absolute atomic E-state index is 0.268. The molecule has 0 spiro atoms. The fourth-order valence-corrected chi connectivity index (χ4v) is 5.64. The second-order valence-electron chi connectivity index (χ2n) is 9.41. The number of benzene rings is 2. The van der Waals surface area contributed by atoms with Gasteiger partial charge in [0.05, 0.1) is 6.61 Å². The lowest BCUT2D eigenvalue weighted by Gasteiger charge is -2.08. The second kappa shape index (κ2) is 17.1. The van der Waals surface area contributed by atoms with Gasteiger partial charge in [-0.05, 0) is 17.9 Å². The van der Waals surface area contributed by atoms with E-state index in [0.29, 0.717) is 0 Å². The number of hydrogen-bond acceptors (Lipinski definition) is 3. The summed E-state index contributed by atoms with van der Waals surface area (Å²) in [5.74, 6) is 0. The molecule has 0 bridgehead atoms. The van der Waals surface area contributed by atoms with Crippen LogP contribution in [0.15, 0.2) is 47.4 Å². The van der Waals surface area contributed by atoms with E-state index in [4.69, 9.17) is 4.18 Å². The summed E-state index contributed by atoms with van der Waals surface area (Å²) in [6, 6.07) is 12.9. The quantitative estimate of drug-likeness (QED) is 0.142. The molecule has 2 aromatic carbocycles. The predicted molar refractivity (Wildman–Crippen MR) is 141 cm³/mol. The lowest BCUT2D eigenvalue weighted by atomic mass is 10.0. The lowest BCUT2D eigenvalue weighted by molar-refractivity contribution is 0.306. The molecule has 0 aliphatic carbocycles. The van der Waals surface area contributed by atoms with E-state index in [0.717, 1.165) is 30.0 Å². The molecule has 0 saturated heterocycles. The van der Waals surface area contributed by atoms with Crippen LogP contribution in [-0.2, 0) is 14.3 Å². The Labute approximate surface area is 203 Å². The lowest BCUT2D eigenvalue weighted by Crippen LogP contribution is -2.08. The van der Waals surface area contributed by atoms with Crippen LogP contribution in [0.2, 0.25) is 0 Å². The van der Waals surface area contributed by atoms with E-state index in [1.165, 1.54) is 89.9 Å². The van der Waals surface area contributed by atoms with Crippen molar-refractivity contribution in [2.24, 2.45) is 0 Å². The highest BCUT2D eigenvalue weighted by atomic mass is 32.2. The van der Waals surface area contributed by atoms with Crippen LogP contribution in [0.3, 0.4) is 0 Å². The van der Waals surface area contributed by atoms with E-state index in [9.17, 15) is 8.42 Å². The number of hydrogen-bond donors (Lipinski definition) is 0. The maximum absolute atomic E-state index is 12.6. The van der Waals surface area contributed by atoms with Crippen molar-refractivity contribution in [2.45, 2.75) is 121 Å². The van der Waals surface area contributed by atoms with E-state index in [-0.39, 0.29) is 11.5 Å². The first kappa shape index (κ1) is 27.9. The Morgan fingerprint density at radius 3 is 1.58 bits per heavy atom. The summed E-state index contributed by atoms with van der Waals surface area (Å²) in [5, 5.41) is 1.64. The van der Waals surface area contributed by atoms with Gasteiger partial charge in [0, 0.05) is 5.39 Å². The van der Waals surface area contributed by atoms with Gasteiger partial charge in [-0.3, -0.25) is 4.18 Å². The molecular weight excluding hydrogens is 428 g/mol. The zero-order chi connectivity index (χ0) is 23.6. The van der Waals surface area contributed by atoms with Gasteiger partial charge in [-0.25, -0.2) is 0 Å². The minimum atomic E-state index is -3.71. The third kappa shape index (κ3) is 11.5. The topological polar surface area (TPSA) is 43.4 Å². The van der Waals surface area contributed by atoms with Gasteiger partial charge in [-0.1, -0.05) is 146 Å². The third-order valence-corrected chi connectivity index (χ3v) is 7.88. The minimum Gasteiger partial charge on any atom is -0.266 e. The first-order valence-electron chi connectivity index (χ1n) is 13.5. The first-order chi connectivity index (χ1) is 16.1. The van der Waals surface area contributed by atoms with Crippen molar-refractivity contribution in [3.05, 3.63) is 42.5 Å². The Kier molecular flexibility index (Phi) is 14.4. The van der Waals surface area contributed by atoms with Gasteiger partial charge >= 0.3 is 0 Å². The highest BCUT2D eigenvalue weighted by Crippen LogP contribution is 2.24. The highest BCUT2D eigenvalue weighted by molar-refractivity contribution is 7.87. The van der Waals surface area contributed by atoms with Crippen LogP contribution in [0.25, 0.3) is 10.8 Å². The fourth-order valence-electron chi connectivity index (χ4n) is 4.47. The molecule has 186 valence electrons. The Morgan fingerprint density at radius 1 is 0.576 bits per heavy atom. The molecule has 0 amide bonds. The normalized spacial score (nSPS) is 11.9. The fraction of sp³-hybridized carbons (Fsp3) is 0.655. The van der Waals surface area contributed by atoms with E-state index in [1.54, 1.807) is 12.1 Å². The van der Waals surface area contributed by atoms with Crippen LogP contribution in [0.4, 0.5) is 0 Å². The summed E-state index contributed by atoms with van der Waals surface area (Å²) in [7, 11) is -3.71. The van der Waals surface area contributed by atoms with Gasteiger partial charge in [0.15, 0.2) is 0 Å². The average molecular weight is 475 g/mol. The Hall–Kier alpha value is -1.39. The molecule has 0 N–H and O–H groups in total. The summed E-state index contributed by atoms with van der Waals surface area (Å²) in [6.45, 7) is 2.54. The molecule has 0 aliphatic rings. The molecule has 0 saturated carbocycles. The zero-order valence-electron chi connectivity index (χ0n) is 20.9. The molecular formula is C29H46O3S. The predicted octanol–water partition coefficient (Wildman–Crippen LogP) is 9.20. The van der Waals surface area contributed by atoms with Crippen LogP contribution in [0.5, 0.6) is 0 Å². The summed E-state index contributed by atoms with van der Waals surface area (Å²) >= 11 is 0. The highest BCUT2D eigenvalue weighted by Gasteiger charge is 2.17. The van der Waals surface area contributed by atoms with Crippen molar-refractivity contribution < 1.29 is 12.6 Å². The molecule has 33 heavy (non-hydrogen) atoms. The molecule has 0 atom stereocenters. The molecule has 3 nitrogen and oxygen atoms in total. The van der Waals surface area contributed by atoms with Crippen LogP contribution in [0.1, 0.15) is 116 Å². The van der Waals surface area contributed by atoms with E-state index >= 15 is 0 Å². The molecule has 0 radical (unpaired) electrons. The van der Waals surface area contributed by atoms with Crippen molar-refractivity contribution in [1.29, 1.82) is 0 Å². The van der Waals surface area contributed by atoms with Crippen LogP contribution < -0.4 is 0 Å².